The summed E-state index contributed by atoms with van der Waals surface area (Å²) in [7, 11) is 0. The van der Waals surface area contributed by atoms with Gasteiger partial charge in [-0.2, -0.15) is 5.10 Å². The lowest BCUT2D eigenvalue weighted by Gasteiger charge is -2.20. The van der Waals surface area contributed by atoms with Crippen LogP contribution in [0.2, 0.25) is 0 Å². The third kappa shape index (κ3) is 2.54. The van der Waals surface area contributed by atoms with Crippen LogP contribution >= 0.6 is 0 Å². The largest absolute Gasteiger partial charge is 0.325 e. The van der Waals surface area contributed by atoms with Gasteiger partial charge in [0.05, 0.1) is 11.7 Å². The first-order valence-electron chi connectivity index (χ1n) is 7.86. The van der Waals surface area contributed by atoms with Gasteiger partial charge in [0.1, 0.15) is 11.6 Å². The van der Waals surface area contributed by atoms with Crippen LogP contribution in [0.4, 0.5) is 16.3 Å². The van der Waals surface area contributed by atoms with Gasteiger partial charge in [0.15, 0.2) is 0 Å². The monoisotopic (exact) mass is 322 g/mol. The fraction of sp³-hybridized carbons (Fsp3) is 0.235. The molecule has 3 N–H and O–H groups in total. The second-order valence-electron chi connectivity index (χ2n) is 6.00. The molecule has 1 aliphatic carbocycles. The number of urea groups is 1. The number of rotatable bonds is 4. The van der Waals surface area contributed by atoms with Gasteiger partial charge in [-0.15, -0.1) is 0 Å². The maximum Gasteiger partial charge on any atom is 0.324 e. The lowest BCUT2D eigenvalue weighted by molar-refractivity contribution is 0.262. The third-order valence-electron chi connectivity index (χ3n) is 4.44. The van der Waals surface area contributed by atoms with Gasteiger partial charge in [0.2, 0.25) is 0 Å². The number of aryl methyl sites for hydroxylation is 1. The zero-order chi connectivity index (χ0) is 16.6. The van der Waals surface area contributed by atoms with Crippen molar-refractivity contribution in [1.29, 1.82) is 0 Å². The smallest absolute Gasteiger partial charge is 0.324 e. The Morgan fingerprint density at radius 1 is 1.17 bits per heavy atom. The molecule has 0 bridgehead atoms. The Hall–Kier alpha value is -3.09. The molecular weight excluding hydrogens is 304 g/mol. The molecule has 0 radical (unpaired) electrons. The molecule has 2 aromatic heterocycles. The molecule has 1 fully saturated rings. The van der Waals surface area contributed by atoms with Crippen LogP contribution < -0.4 is 10.6 Å². The molecule has 24 heavy (non-hydrogen) atoms. The van der Waals surface area contributed by atoms with Gasteiger partial charge in [0.25, 0.3) is 0 Å². The highest BCUT2D eigenvalue weighted by Crippen LogP contribution is 2.49. The minimum Gasteiger partial charge on any atom is -0.325 e. The SMILES string of the molecule is Cc1nccn1C1(c2ccc(NC(=O)Nc3ccn[nH]3)cc2)CC1. The molecule has 3 aromatic rings. The van der Waals surface area contributed by atoms with Gasteiger partial charge in [-0.25, -0.2) is 9.78 Å². The van der Waals surface area contributed by atoms with E-state index >= 15 is 0 Å². The number of anilines is 2. The molecule has 0 spiro atoms. The summed E-state index contributed by atoms with van der Waals surface area (Å²) in [5.41, 5.74) is 2.01. The number of H-pyrrole nitrogens is 1. The number of benzene rings is 1. The molecule has 7 heteroatoms. The average Bonchev–Trinajstić information content (AvgIpc) is 2.98. The molecule has 2 heterocycles. The van der Waals surface area contributed by atoms with E-state index in [9.17, 15) is 4.79 Å². The van der Waals surface area contributed by atoms with Crippen LogP contribution in [0.3, 0.4) is 0 Å². The van der Waals surface area contributed by atoms with Crippen molar-refractivity contribution in [2.24, 2.45) is 0 Å². The summed E-state index contributed by atoms with van der Waals surface area (Å²) in [6.07, 6.45) is 7.67. The Morgan fingerprint density at radius 3 is 2.54 bits per heavy atom. The number of aromatic nitrogens is 4. The molecule has 1 aromatic carbocycles. The fourth-order valence-corrected chi connectivity index (χ4v) is 3.09. The summed E-state index contributed by atoms with van der Waals surface area (Å²) in [4.78, 5) is 16.3. The van der Waals surface area contributed by atoms with E-state index in [2.05, 4.69) is 42.5 Å². The molecule has 0 saturated heterocycles. The highest BCUT2D eigenvalue weighted by Gasteiger charge is 2.46. The maximum absolute atomic E-state index is 11.9. The second-order valence-corrected chi connectivity index (χ2v) is 6.00. The predicted molar refractivity (Wildman–Crippen MR) is 90.9 cm³/mol. The van der Waals surface area contributed by atoms with E-state index in [1.54, 1.807) is 12.3 Å². The van der Waals surface area contributed by atoms with Crippen LogP contribution in [-0.4, -0.2) is 25.8 Å². The van der Waals surface area contributed by atoms with Crippen molar-refractivity contribution < 1.29 is 4.79 Å². The fourth-order valence-electron chi connectivity index (χ4n) is 3.09. The first-order valence-corrected chi connectivity index (χ1v) is 7.86. The zero-order valence-electron chi connectivity index (χ0n) is 13.3. The number of nitrogens with one attached hydrogen (secondary N) is 3. The Labute approximate surface area is 139 Å². The van der Waals surface area contributed by atoms with Gasteiger partial charge >= 0.3 is 6.03 Å². The highest BCUT2D eigenvalue weighted by atomic mass is 16.2. The molecule has 7 nitrogen and oxygen atoms in total. The normalized spacial score (nSPS) is 15.0. The van der Waals surface area contributed by atoms with Gasteiger partial charge in [-0.05, 0) is 37.5 Å². The summed E-state index contributed by atoms with van der Waals surface area (Å²) >= 11 is 0. The topological polar surface area (TPSA) is 87.6 Å². The third-order valence-corrected chi connectivity index (χ3v) is 4.44. The van der Waals surface area contributed by atoms with E-state index < -0.39 is 0 Å². The number of aromatic amines is 1. The molecule has 1 aliphatic rings. The quantitative estimate of drug-likeness (QED) is 0.689. The van der Waals surface area contributed by atoms with E-state index in [-0.39, 0.29) is 11.6 Å². The van der Waals surface area contributed by atoms with Crippen LogP contribution in [-0.2, 0) is 5.54 Å². The number of nitrogens with zero attached hydrogens (tertiary/aromatic N) is 3. The number of carbonyl (C=O) groups is 1. The Morgan fingerprint density at radius 2 is 1.96 bits per heavy atom. The van der Waals surface area contributed by atoms with Gasteiger partial charge in [-0.1, -0.05) is 12.1 Å². The molecular formula is C17H18N6O. The highest BCUT2D eigenvalue weighted by molar-refractivity contribution is 5.99. The minimum absolute atomic E-state index is 0.0251. The Balaban J connectivity index is 1.47. The van der Waals surface area contributed by atoms with Gasteiger partial charge < -0.3 is 9.88 Å². The van der Waals surface area contributed by atoms with Crippen LogP contribution in [0.5, 0.6) is 0 Å². The van der Waals surface area contributed by atoms with Crippen molar-refractivity contribution in [2.75, 3.05) is 10.6 Å². The molecule has 0 unspecified atom stereocenters. The average molecular weight is 322 g/mol. The van der Waals surface area contributed by atoms with Crippen LogP contribution in [0.1, 0.15) is 24.2 Å². The molecule has 1 saturated carbocycles. The molecule has 4 rings (SSSR count). The van der Waals surface area contributed by atoms with Crippen molar-refractivity contribution in [2.45, 2.75) is 25.3 Å². The second kappa shape index (κ2) is 5.52. The molecule has 0 aliphatic heterocycles. The van der Waals surface area contributed by atoms with E-state index in [1.807, 2.05) is 31.5 Å². The summed E-state index contributed by atoms with van der Waals surface area (Å²) in [5.74, 6) is 1.57. The molecule has 2 amide bonds. The number of hydrogen-bond donors (Lipinski definition) is 3. The number of hydrogen-bond acceptors (Lipinski definition) is 3. The van der Waals surface area contributed by atoms with Gasteiger partial charge in [0, 0.05) is 24.1 Å². The summed E-state index contributed by atoms with van der Waals surface area (Å²) in [6.45, 7) is 2.02. The number of carbonyl (C=O) groups excluding carboxylic acids is 1. The van der Waals surface area contributed by atoms with Crippen molar-refractivity contribution in [3.05, 3.63) is 60.3 Å². The first kappa shape index (κ1) is 14.5. The predicted octanol–water partition coefficient (Wildman–Crippen LogP) is 3.10. The lowest BCUT2D eigenvalue weighted by atomic mass is 10.0. The van der Waals surface area contributed by atoms with Crippen molar-refractivity contribution in [1.82, 2.24) is 19.7 Å². The van der Waals surface area contributed by atoms with E-state index in [4.69, 9.17) is 0 Å². The van der Waals surface area contributed by atoms with Crippen LogP contribution in [0.25, 0.3) is 0 Å². The summed E-state index contributed by atoms with van der Waals surface area (Å²) < 4.78 is 2.24. The first-order chi connectivity index (χ1) is 11.7. The number of amides is 2. The standard InChI is InChI=1S/C17H18N6O/c1-12-18-10-11-23(12)17(7-8-17)13-2-4-14(5-3-13)20-16(24)21-15-6-9-19-22-15/h2-6,9-11H,7-8H2,1H3,(H3,19,20,21,22,24). The lowest BCUT2D eigenvalue weighted by Crippen LogP contribution is -2.21. The molecule has 122 valence electrons. The minimum atomic E-state index is -0.307. The van der Waals surface area contributed by atoms with Crippen molar-refractivity contribution in [3.8, 4) is 0 Å². The van der Waals surface area contributed by atoms with E-state index in [0.29, 0.717) is 5.82 Å². The van der Waals surface area contributed by atoms with Crippen LogP contribution in [0.15, 0.2) is 48.9 Å². The Bertz CT molecular complexity index is 846. The molecule has 0 atom stereocenters. The van der Waals surface area contributed by atoms with Crippen molar-refractivity contribution >= 4 is 17.5 Å². The van der Waals surface area contributed by atoms with E-state index in [1.165, 1.54) is 5.56 Å². The van der Waals surface area contributed by atoms with Crippen molar-refractivity contribution in [3.63, 3.8) is 0 Å². The zero-order valence-corrected chi connectivity index (χ0v) is 13.3. The Kier molecular flexibility index (Phi) is 3.34. The van der Waals surface area contributed by atoms with E-state index in [0.717, 1.165) is 24.4 Å². The van der Waals surface area contributed by atoms with Gasteiger partial charge in [-0.3, -0.25) is 10.4 Å². The van der Waals surface area contributed by atoms with Crippen LogP contribution in [0, 0.1) is 6.92 Å². The maximum atomic E-state index is 11.9. The summed E-state index contributed by atoms with van der Waals surface area (Å²) in [5, 5.41) is 12.0. The summed E-state index contributed by atoms with van der Waals surface area (Å²) in [6, 6.07) is 9.37. The number of imidazole rings is 1.